The molecule has 1 aromatic heterocycles. The average Bonchev–Trinajstić information content (AvgIpc) is 2.91. The topological polar surface area (TPSA) is 34.4 Å². The van der Waals surface area contributed by atoms with E-state index in [1.54, 1.807) is 0 Å². The molecule has 0 amide bonds. The van der Waals surface area contributed by atoms with E-state index in [0.29, 0.717) is 6.10 Å². The first-order valence-corrected chi connectivity index (χ1v) is 6.74. The summed E-state index contributed by atoms with van der Waals surface area (Å²) >= 11 is 0. The number of aliphatic hydroxyl groups is 1. The molecule has 1 fully saturated rings. The Morgan fingerprint density at radius 3 is 3.06 bits per heavy atom. The van der Waals surface area contributed by atoms with Gasteiger partial charge in [-0.2, -0.15) is 0 Å². The largest absolute Gasteiger partial charge is 0.388 e. The van der Waals surface area contributed by atoms with Gasteiger partial charge in [0.1, 0.15) is 0 Å². The fourth-order valence-corrected chi connectivity index (χ4v) is 3.19. The van der Waals surface area contributed by atoms with E-state index in [9.17, 15) is 5.11 Å². The zero-order chi connectivity index (χ0) is 11.8. The second kappa shape index (κ2) is 4.46. The minimum Gasteiger partial charge on any atom is -0.388 e. The maximum atomic E-state index is 10.0. The molecule has 17 heavy (non-hydrogen) atoms. The molecular weight excluding hydrogens is 214 g/mol. The standard InChI is InChI=1S/C14H21NO2/c1-10-8-12-13(5-2-6-14(12)16)15(10)9-11-4-3-7-17-11/h8,11,14,16H,2-7,9H2,1H3. The summed E-state index contributed by atoms with van der Waals surface area (Å²) in [4.78, 5) is 0. The predicted molar refractivity (Wildman–Crippen MR) is 66.0 cm³/mol. The van der Waals surface area contributed by atoms with Crippen LogP contribution in [0.2, 0.25) is 0 Å². The lowest BCUT2D eigenvalue weighted by atomic mass is 9.95. The molecule has 3 rings (SSSR count). The summed E-state index contributed by atoms with van der Waals surface area (Å²) in [6, 6.07) is 2.16. The van der Waals surface area contributed by atoms with Crippen molar-refractivity contribution in [2.45, 2.75) is 57.8 Å². The van der Waals surface area contributed by atoms with Gasteiger partial charge >= 0.3 is 0 Å². The minimum absolute atomic E-state index is 0.247. The van der Waals surface area contributed by atoms with Crippen molar-refractivity contribution in [2.24, 2.45) is 0 Å². The molecule has 1 N–H and O–H groups in total. The number of aliphatic hydroxyl groups excluding tert-OH is 1. The van der Waals surface area contributed by atoms with E-state index in [2.05, 4.69) is 17.6 Å². The Labute approximate surface area is 102 Å². The van der Waals surface area contributed by atoms with Gasteiger partial charge in [-0.15, -0.1) is 0 Å². The van der Waals surface area contributed by atoms with Crippen molar-refractivity contribution in [2.75, 3.05) is 6.61 Å². The van der Waals surface area contributed by atoms with Gasteiger partial charge in [-0.1, -0.05) is 0 Å². The predicted octanol–water partition coefficient (Wildman–Crippen LogP) is 2.35. The Balaban J connectivity index is 1.87. The Hall–Kier alpha value is -0.800. The molecule has 2 aliphatic rings. The molecule has 0 bridgehead atoms. The third-order valence-corrected chi connectivity index (χ3v) is 4.11. The molecule has 1 aliphatic heterocycles. The van der Waals surface area contributed by atoms with Crippen LogP contribution in [0.3, 0.4) is 0 Å². The first kappa shape index (κ1) is 11.3. The Morgan fingerprint density at radius 2 is 2.29 bits per heavy atom. The summed E-state index contributed by atoms with van der Waals surface area (Å²) in [6.07, 6.45) is 5.62. The monoisotopic (exact) mass is 235 g/mol. The van der Waals surface area contributed by atoms with E-state index in [0.717, 1.165) is 38.0 Å². The van der Waals surface area contributed by atoms with Crippen LogP contribution in [0.1, 0.15) is 48.7 Å². The van der Waals surface area contributed by atoms with Crippen molar-refractivity contribution < 1.29 is 9.84 Å². The molecule has 0 aromatic carbocycles. The molecule has 94 valence electrons. The second-order valence-corrected chi connectivity index (χ2v) is 5.34. The Morgan fingerprint density at radius 1 is 1.41 bits per heavy atom. The van der Waals surface area contributed by atoms with E-state index >= 15 is 0 Å². The molecule has 1 aromatic rings. The van der Waals surface area contributed by atoms with Gasteiger partial charge in [0.2, 0.25) is 0 Å². The van der Waals surface area contributed by atoms with Crippen molar-refractivity contribution in [1.82, 2.24) is 4.57 Å². The van der Waals surface area contributed by atoms with E-state index in [-0.39, 0.29) is 6.10 Å². The lowest BCUT2D eigenvalue weighted by Crippen LogP contribution is -2.19. The summed E-state index contributed by atoms with van der Waals surface area (Å²) in [5.74, 6) is 0. The maximum absolute atomic E-state index is 10.0. The van der Waals surface area contributed by atoms with E-state index < -0.39 is 0 Å². The highest BCUT2D eigenvalue weighted by atomic mass is 16.5. The first-order chi connectivity index (χ1) is 8.25. The zero-order valence-electron chi connectivity index (χ0n) is 10.5. The number of aryl methyl sites for hydroxylation is 1. The van der Waals surface area contributed by atoms with Crippen LogP contribution in [0, 0.1) is 6.92 Å². The first-order valence-electron chi connectivity index (χ1n) is 6.74. The fourth-order valence-electron chi connectivity index (χ4n) is 3.19. The number of hydrogen-bond donors (Lipinski definition) is 1. The molecule has 0 saturated carbocycles. The maximum Gasteiger partial charge on any atom is 0.0807 e. The van der Waals surface area contributed by atoms with Crippen molar-refractivity contribution in [1.29, 1.82) is 0 Å². The Kier molecular flexibility index (Phi) is 2.97. The summed E-state index contributed by atoms with van der Waals surface area (Å²) in [5.41, 5.74) is 3.77. The molecule has 2 unspecified atom stereocenters. The van der Waals surface area contributed by atoms with Crippen LogP contribution in [0.5, 0.6) is 0 Å². The third-order valence-electron chi connectivity index (χ3n) is 4.11. The van der Waals surface area contributed by atoms with Crippen LogP contribution in [-0.4, -0.2) is 22.4 Å². The number of rotatable bonds is 2. The van der Waals surface area contributed by atoms with Gasteiger partial charge in [0.15, 0.2) is 0 Å². The van der Waals surface area contributed by atoms with E-state index in [4.69, 9.17) is 4.74 Å². The molecule has 1 aliphatic carbocycles. The minimum atomic E-state index is -0.247. The molecule has 3 nitrogen and oxygen atoms in total. The summed E-state index contributed by atoms with van der Waals surface area (Å²) in [6.45, 7) is 4.02. The molecule has 3 heteroatoms. The summed E-state index contributed by atoms with van der Waals surface area (Å²) in [7, 11) is 0. The molecule has 2 atom stereocenters. The molecule has 0 radical (unpaired) electrons. The number of ether oxygens (including phenoxy) is 1. The van der Waals surface area contributed by atoms with Crippen LogP contribution >= 0.6 is 0 Å². The van der Waals surface area contributed by atoms with Gasteiger partial charge in [-0.05, 0) is 45.1 Å². The lowest BCUT2D eigenvalue weighted by Gasteiger charge is -2.22. The summed E-state index contributed by atoms with van der Waals surface area (Å²) in [5, 5.41) is 10.0. The van der Waals surface area contributed by atoms with Crippen LogP contribution in [0.4, 0.5) is 0 Å². The quantitative estimate of drug-likeness (QED) is 0.853. The SMILES string of the molecule is Cc1cc2c(n1CC1CCCO1)CCCC2O. The van der Waals surface area contributed by atoms with Crippen molar-refractivity contribution in [3.8, 4) is 0 Å². The molecule has 1 saturated heterocycles. The van der Waals surface area contributed by atoms with Gasteiger partial charge in [0.05, 0.1) is 12.2 Å². The molecular formula is C14H21NO2. The number of nitrogens with zero attached hydrogens (tertiary/aromatic N) is 1. The van der Waals surface area contributed by atoms with Crippen molar-refractivity contribution in [3.05, 3.63) is 23.0 Å². The normalized spacial score (nSPS) is 28.4. The van der Waals surface area contributed by atoms with Crippen LogP contribution in [-0.2, 0) is 17.7 Å². The second-order valence-electron chi connectivity index (χ2n) is 5.34. The van der Waals surface area contributed by atoms with Gasteiger partial charge in [0.25, 0.3) is 0 Å². The zero-order valence-corrected chi connectivity index (χ0v) is 10.5. The van der Waals surface area contributed by atoms with Crippen molar-refractivity contribution >= 4 is 0 Å². The van der Waals surface area contributed by atoms with E-state index in [1.165, 1.54) is 24.2 Å². The smallest absolute Gasteiger partial charge is 0.0807 e. The number of hydrogen-bond acceptors (Lipinski definition) is 2. The molecule has 0 spiro atoms. The van der Waals surface area contributed by atoms with Gasteiger partial charge in [-0.3, -0.25) is 0 Å². The lowest BCUT2D eigenvalue weighted by molar-refractivity contribution is 0.0951. The highest BCUT2D eigenvalue weighted by molar-refractivity contribution is 5.31. The van der Waals surface area contributed by atoms with Crippen molar-refractivity contribution in [3.63, 3.8) is 0 Å². The third kappa shape index (κ3) is 2.02. The van der Waals surface area contributed by atoms with Crippen LogP contribution in [0.15, 0.2) is 6.07 Å². The number of aromatic nitrogens is 1. The van der Waals surface area contributed by atoms with Crippen LogP contribution in [0.25, 0.3) is 0 Å². The highest BCUT2D eigenvalue weighted by Gasteiger charge is 2.25. The Bertz CT molecular complexity index is 405. The van der Waals surface area contributed by atoms with Crippen LogP contribution < -0.4 is 0 Å². The average molecular weight is 235 g/mol. The van der Waals surface area contributed by atoms with Gasteiger partial charge < -0.3 is 14.4 Å². The highest BCUT2D eigenvalue weighted by Crippen LogP contribution is 2.32. The number of fused-ring (bicyclic) bond motifs is 1. The molecule has 2 heterocycles. The fraction of sp³-hybridized carbons (Fsp3) is 0.714. The van der Waals surface area contributed by atoms with Gasteiger partial charge in [-0.25, -0.2) is 0 Å². The summed E-state index contributed by atoms with van der Waals surface area (Å²) < 4.78 is 8.08. The van der Waals surface area contributed by atoms with E-state index in [1.807, 2.05) is 0 Å². The van der Waals surface area contributed by atoms with Gasteiger partial charge in [0, 0.05) is 30.1 Å².